The van der Waals surface area contributed by atoms with E-state index in [4.69, 9.17) is 10.5 Å². The van der Waals surface area contributed by atoms with Crippen molar-refractivity contribution in [3.63, 3.8) is 0 Å². The van der Waals surface area contributed by atoms with E-state index < -0.39 is 6.09 Å². The van der Waals surface area contributed by atoms with Crippen LogP contribution < -0.4 is 5.73 Å². The summed E-state index contributed by atoms with van der Waals surface area (Å²) in [4.78, 5) is 22.6. The number of ether oxygens (including phenoxy) is 1. The van der Waals surface area contributed by atoms with E-state index in [1.165, 1.54) is 37.7 Å². The number of nitrogens with two attached hydrogens (primary N) is 1. The van der Waals surface area contributed by atoms with Crippen molar-refractivity contribution in [1.82, 2.24) is 0 Å². The molecule has 0 heterocycles. The van der Waals surface area contributed by atoms with Gasteiger partial charge in [-0.25, -0.2) is 4.79 Å². The topological polar surface area (TPSA) is 69.4 Å². The lowest BCUT2D eigenvalue weighted by atomic mass is 9.56. The smallest absolute Gasteiger partial charge is 0.404 e. The fraction of sp³-hybridized carbons (Fsp3) is 0.714. The van der Waals surface area contributed by atoms with Crippen LogP contribution in [-0.2, 0) is 9.53 Å². The molecule has 4 heteroatoms. The van der Waals surface area contributed by atoms with Gasteiger partial charge in [0.05, 0.1) is 6.61 Å². The predicted molar refractivity (Wildman–Crippen MR) is 95.8 cm³/mol. The van der Waals surface area contributed by atoms with E-state index in [9.17, 15) is 9.59 Å². The molecule has 25 heavy (non-hydrogen) atoms. The van der Waals surface area contributed by atoms with Crippen molar-refractivity contribution >= 4 is 11.9 Å². The summed E-state index contributed by atoms with van der Waals surface area (Å²) >= 11 is 0. The Kier molecular flexibility index (Phi) is 4.25. The van der Waals surface area contributed by atoms with Crippen molar-refractivity contribution in [1.29, 1.82) is 0 Å². The molecule has 2 saturated carbocycles. The zero-order valence-electron chi connectivity index (χ0n) is 15.2. The van der Waals surface area contributed by atoms with E-state index in [2.05, 4.69) is 6.92 Å². The second-order valence-corrected chi connectivity index (χ2v) is 8.63. The third-order valence-corrected chi connectivity index (χ3v) is 7.64. The van der Waals surface area contributed by atoms with Crippen LogP contribution in [0.2, 0.25) is 0 Å². The number of hydrogen-bond acceptors (Lipinski definition) is 3. The molecule has 0 aliphatic heterocycles. The maximum Gasteiger partial charge on any atom is 0.404 e. The van der Waals surface area contributed by atoms with Crippen molar-refractivity contribution in [3.05, 3.63) is 22.8 Å². The van der Waals surface area contributed by atoms with Gasteiger partial charge in [-0.05, 0) is 91.8 Å². The SMILES string of the molecule is C[C@]12CCC3=C4CCC(=O)C=C4CC[C@H]3[C@@H]1CC[C@@H]2CCOC(N)=O. The molecule has 0 aromatic rings. The van der Waals surface area contributed by atoms with E-state index in [1.807, 2.05) is 6.08 Å². The van der Waals surface area contributed by atoms with Gasteiger partial charge in [-0.15, -0.1) is 0 Å². The number of ketones is 1. The van der Waals surface area contributed by atoms with Gasteiger partial charge in [-0.3, -0.25) is 4.79 Å². The molecule has 1 amide bonds. The molecular weight excluding hydrogens is 314 g/mol. The number of amides is 1. The molecule has 4 nitrogen and oxygen atoms in total. The highest BCUT2D eigenvalue weighted by atomic mass is 16.5. The maximum absolute atomic E-state index is 11.8. The van der Waals surface area contributed by atoms with E-state index in [0.717, 1.165) is 25.2 Å². The highest BCUT2D eigenvalue weighted by molar-refractivity contribution is 5.93. The Hall–Kier alpha value is -1.58. The average Bonchev–Trinajstić information content (AvgIpc) is 2.91. The van der Waals surface area contributed by atoms with Crippen LogP contribution in [0.4, 0.5) is 4.79 Å². The highest BCUT2D eigenvalue weighted by Crippen LogP contribution is 2.62. The summed E-state index contributed by atoms with van der Waals surface area (Å²) in [5.74, 6) is 2.41. The van der Waals surface area contributed by atoms with E-state index in [0.29, 0.717) is 36.1 Å². The minimum absolute atomic E-state index is 0.314. The Morgan fingerprint density at radius 3 is 2.88 bits per heavy atom. The zero-order chi connectivity index (χ0) is 17.6. The van der Waals surface area contributed by atoms with Gasteiger partial charge in [0.25, 0.3) is 0 Å². The number of rotatable bonds is 3. The third-order valence-electron chi connectivity index (χ3n) is 7.64. The fourth-order valence-corrected chi connectivity index (χ4v) is 6.41. The van der Waals surface area contributed by atoms with Gasteiger partial charge >= 0.3 is 6.09 Å². The van der Waals surface area contributed by atoms with Crippen LogP contribution in [0, 0.1) is 23.2 Å². The molecule has 0 aromatic heterocycles. The van der Waals surface area contributed by atoms with Gasteiger partial charge in [-0.2, -0.15) is 0 Å². The minimum atomic E-state index is -0.659. The monoisotopic (exact) mass is 343 g/mol. The first-order chi connectivity index (χ1) is 12.0. The molecule has 2 N–H and O–H groups in total. The van der Waals surface area contributed by atoms with E-state index >= 15 is 0 Å². The van der Waals surface area contributed by atoms with Crippen molar-refractivity contribution in [2.24, 2.45) is 28.9 Å². The molecule has 0 bridgehead atoms. The molecule has 0 saturated heterocycles. The van der Waals surface area contributed by atoms with Gasteiger partial charge in [0.2, 0.25) is 0 Å². The second-order valence-electron chi connectivity index (χ2n) is 8.63. The number of carbonyl (C=O) groups is 2. The van der Waals surface area contributed by atoms with Crippen LogP contribution in [0.3, 0.4) is 0 Å². The molecule has 4 aliphatic rings. The van der Waals surface area contributed by atoms with E-state index in [1.54, 1.807) is 11.1 Å². The lowest BCUT2D eigenvalue weighted by Crippen LogP contribution is -2.40. The lowest BCUT2D eigenvalue weighted by molar-refractivity contribution is -0.114. The van der Waals surface area contributed by atoms with Crippen LogP contribution in [-0.4, -0.2) is 18.5 Å². The lowest BCUT2D eigenvalue weighted by Gasteiger charge is -2.49. The summed E-state index contributed by atoms with van der Waals surface area (Å²) in [7, 11) is 0. The molecular formula is C21H29NO3. The van der Waals surface area contributed by atoms with E-state index in [-0.39, 0.29) is 0 Å². The summed E-state index contributed by atoms with van der Waals surface area (Å²) < 4.78 is 5.01. The Balaban J connectivity index is 1.54. The second kappa shape index (κ2) is 6.30. The molecule has 4 atom stereocenters. The first-order valence-electron chi connectivity index (χ1n) is 9.87. The van der Waals surface area contributed by atoms with Crippen molar-refractivity contribution in [2.45, 2.75) is 64.7 Å². The summed E-state index contributed by atoms with van der Waals surface area (Å²) in [6, 6.07) is 0. The first kappa shape index (κ1) is 16.9. The van der Waals surface area contributed by atoms with Gasteiger partial charge in [0.15, 0.2) is 5.78 Å². The largest absolute Gasteiger partial charge is 0.450 e. The summed E-state index contributed by atoms with van der Waals surface area (Å²) in [5, 5.41) is 0. The Labute approximate surface area is 149 Å². The van der Waals surface area contributed by atoms with Crippen molar-refractivity contribution in [2.75, 3.05) is 6.61 Å². The molecule has 0 unspecified atom stereocenters. The minimum Gasteiger partial charge on any atom is -0.450 e. The molecule has 0 spiro atoms. The number of primary amides is 1. The Bertz CT molecular complexity index is 662. The first-order valence-corrected chi connectivity index (χ1v) is 9.87. The Morgan fingerprint density at radius 2 is 2.08 bits per heavy atom. The summed E-state index contributed by atoms with van der Waals surface area (Å²) in [6.07, 6.45) is 11.1. The van der Waals surface area contributed by atoms with Crippen molar-refractivity contribution < 1.29 is 14.3 Å². The van der Waals surface area contributed by atoms with Crippen LogP contribution in [0.15, 0.2) is 22.8 Å². The number of carbonyl (C=O) groups excluding carboxylic acids is 2. The van der Waals surface area contributed by atoms with Crippen LogP contribution in [0.5, 0.6) is 0 Å². The Morgan fingerprint density at radius 1 is 1.24 bits per heavy atom. The van der Waals surface area contributed by atoms with Gasteiger partial charge in [0.1, 0.15) is 0 Å². The summed E-state index contributed by atoms with van der Waals surface area (Å²) in [6.45, 7) is 2.92. The van der Waals surface area contributed by atoms with Gasteiger partial charge in [-0.1, -0.05) is 12.5 Å². The molecule has 4 aliphatic carbocycles. The highest BCUT2D eigenvalue weighted by Gasteiger charge is 2.53. The zero-order valence-corrected chi connectivity index (χ0v) is 15.2. The maximum atomic E-state index is 11.8. The molecule has 0 radical (unpaired) electrons. The van der Waals surface area contributed by atoms with Crippen LogP contribution in [0.25, 0.3) is 0 Å². The number of hydrogen-bond donors (Lipinski definition) is 1. The van der Waals surface area contributed by atoms with Gasteiger partial charge < -0.3 is 10.5 Å². The van der Waals surface area contributed by atoms with Crippen LogP contribution >= 0.6 is 0 Å². The molecule has 4 rings (SSSR count). The normalized spacial score (nSPS) is 37.1. The predicted octanol–water partition coefficient (Wildman–Crippen LogP) is 4.29. The van der Waals surface area contributed by atoms with Crippen LogP contribution in [0.1, 0.15) is 64.7 Å². The molecule has 0 aromatic carbocycles. The fourth-order valence-electron chi connectivity index (χ4n) is 6.41. The van der Waals surface area contributed by atoms with Crippen molar-refractivity contribution in [3.8, 4) is 0 Å². The number of allylic oxidation sites excluding steroid dienone is 4. The molecule has 136 valence electrons. The third kappa shape index (κ3) is 2.84. The standard InChI is InChI=1S/C21H29NO3/c1-21-10-8-17-16-6-4-15(23)12-13(16)2-5-18(17)19(21)7-3-14(21)9-11-25-20(22)24/h12,14,18-19H,2-11H2,1H3,(H2,22,24)/t14-,18-,19+,21-/m1/s1. The van der Waals surface area contributed by atoms with Gasteiger partial charge in [0, 0.05) is 6.42 Å². The number of fused-ring (bicyclic) bond motifs is 4. The summed E-state index contributed by atoms with van der Waals surface area (Å²) in [5.41, 5.74) is 10.0. The quantitative estimate of drug-likeness (QED) is 0.831. The average molecular weight is 343 g/mol. The molecule has 2 fully saturated rings.